The third kappa shape index (κ3) is 2.47. The average molecular weight is 308 g/mol. The largest absolute Gasteiger partial charge is 0.320 e. The molecule has 0 spiro atoms. The van der Waals surface area contributed by atoms with Crippen LogP contribution in [0.4, 0.5) is 4.39 Å². The molecule has 0 radical (unpaired) electrons. The lowest BCUT2D eigenvalue weighted by atomic mass is 9.92. The normalized spacial score (nSPS) is 12.5. The van der Waals surface area contributed by atoms with Crippen molar-refractivity contribution in [2.24, 2.45) is 5.73 Å². The Labute approximate surface area is 115 Å². The number of rotatable bonds is 2. The minimum atomic E-state index is -0.441. The van der Waals surface area contributed by atoms with Crippen molar-refractivity contribution in [2.45, 2.75) is 19.9 Å². The van der Waals surface area contributed by atoms with Crippen LogP contribution in [0, 0.1) is 19.7 Å². The molecule has 2 N–H and O–H groups in total. The minimum Gasteiger partial charge on any atom is -0.320 e. The summed E-state index contributed by atoms with van der Waals surface area (Å²) >= 11 is 3.35. The van der Waals surface area contributed by atoms with Crippen LogP contribution in [0.15, 0.2) is 40.9 Å². The first-order chi connectivity index (χ1) is 8.50. The Morgan fingerprint density at radius 2 is 1.72 bits per heavy atom. The second kappa shape index (κ2) is 5.21. The van der Waals surface area contributed by atoms with Crippen LogP contribution in [0.2, 0.25) is 0 Å². The van der Waals surface area contributed by atoms with Gasteiger partial charge in [0.1, 0.15) is 5.82 Å². The summed E-state index contributed by atoms with van der Waals surface area (Å²) in [5.74, 6) is -0.270. The van der Waals surface area contributed by atoms with Crippen molar-refractivity contribution in [3.05, 3.63) is 68.9 Å². The molecule has 2 aromatic rings. The van der Waals surface area contributed by atoms with Gasteiger partial charge in [0, 0.05) is 10.0 Å². The van der Waals surface area contributed by atoms with E-state index >= 15 is 0 Å². The summed E-state index contributed by atoms with van der Waals surface area (Å²) in [7, 11) is 0. The molecule has 0 saturated heterocycles. The van der Waals surface area contributed by atoms with Crippen molar-refractivity contribution in [3.63, 3.8) is 0 Å². The Morgan fingerprint density at radius 3 is 2.33 bits per heavy atom. The van der Waals surface area contributed by atoms with Gasteiger partial charge < -0.3 is 5.73 Å². The van der Waals surface area contributed by atoms with E-state index < -0.39 is 6.04 Å². The molecule has 3 heteroatoms. The Bertz CT molecular complexity index is 560. The molecule has 2 rings (SSSR count). The fourth-order valence-electron chi connectivity index (χ4n) is 2.23. The molecule has 0 heterocycles. The van der Waals surface area contributed by atoms with Crippen molar-refractivity contribution in [2.75, 3.05) is 0 Å². The number of hydrogen-bond acceptors (Lipinski definition) is 1. The van der Waals surface area contributed by atoms with Gasteiger partial charge in [-0.3, -0.25) is 0 Å². The molecule has 1 nitrogen and oxygen atoms in total. The van der Waals surface area contributed by atoms with Crippen LogP contribution in [0.5, 0.6) is 0 Å². The maximum absolute atomic E-state index is 13.9. The van der Waals surface area contributed by atoms with E-state index in [4.69, 9.17) is 5.73 Å². The fraction of sp³-hybridized carbons (Fsp3) is 0.200. The summed E-state index contributed by atoms with van der Waals surface area (Å²) in [6.07, 6.45) is 0. The second-order valence-electron chi connectivity index (χ2n) is 4.45. The van der Waals surface area contributed by atoms with Gasteiger partial charge in [-0.1, -0.05) is 34.1 Å². The smallest absolute Gasteiger partial charge is 0.128 e. The third-order valence-corrected chi connectivity index (χ3v) is 3.64. The first-order valence-corrected chi connectivity index (χ1v) is 6.56. The molecule has 94 valence electrons. The minimum absolute atomic E-state index is 0.270. The Morgan fingerprint density at radius 1 is 1.11 bits per heavy atom. The summed E-state index contributed by atoms with van der Waals surface area (Å²) in [5.41, 5.74) is 9.91. The highest BCUT2D eigenvalue weighted by Gasteiger charge is 2.17. The maximum Gasteiger partial charge on any atom is 0.128 e. The van der Waals surface area contributed by atoms with Crippen molar-refractivity contribution >= 4 is 15.9 Å². The molecule has 1 atom stereocenters. The van der Waals surface area contributed by atoms with Gasteiger partial charge in [0.2, 0.25) is 0 Å². The summed E-state index contributed by atoms with van der Waals surface area (Å²) < 4.78 is 14.7. The Balaban J connectivity index is 2.54. The highest BCUT2D eigenvalue weighted by Crippen LogP contribution is 2.29. The zero-order valence-electron chi connectivity index (χ0n) is 10.4. The van der Waals surface area contributed by atoms with Gasteiger partial charge >= 0.3 is 0 Å². The third-order valence-electron chi connectivity index (χ3n) is 3.15. The molecule has 0 fully saturated rings. The molecule has 0 aliphatic heterocycles. The van der Waals surface area contributed by atoms with Crippen molar-refractivity contribution in [3.8, 4) is 0 Å². The highest BCUT2D eigenvalue weighted by atomic mass is 79.9. The van der Waals surface area contributed by atoms with E-state index in [9.17, 15) is 4.39 Å². The number of nitrogens with two attached hydrogens (primary N) is 1. The lowest BCUT2D eigenvalue weighted by molar-refractivity contribution is 0.598. The Kier molecular flexibility index (Phi) is 3.83. The fourth-order valence-corrected chi connectivity index (χ4v) is 2.61. The topological polar surface area (TPSA) is 26.0 Å². The van der Waals surface area contributed by atoms with E-state index in [0.29, 0.717) is 5.56 Å². The molecule has 0 amide bonds. The molecular formula is C15H15BrFN. The van der Waals surface area contributed by atoms with Crippen LogP contribution in [-0.2, 0) is 0 Å². The SMILES string of the molecule is Cc1cccc(C)c1C(N)c1cc(Br)ccc1F. The van der Waals surface area contributed by atoms with E-state index in [1.165, 1.54) is 6.07 Å². The quantitative estimate of drug-likeness (QED) is 0.881. The van der Waals surface area contributed by atoms with E-state index in [2.05, 4.69) is 15.9 Å². The predicted octanol–water partition coefficient (Wildman–Crippen LogP) is 4.25. The van der Waals surface area contributed by atoms with Gasteiger partial charge in [-0.25, -0.2) is 4.39 Å². The summed E-state index contributed by atoms with van der Waals surface area (Å²) in [4.78, 5) is 0. The van der Waals surface area contributed by atoms with E-state index in [1.54, 1.807) is 12.1 Å². The molecule has 0 aliphatic rings. The van der Waals surface area contributed by atoms with Crippen LogP contribution >= 0.6 is 15.9 Å². The van der Waals surface area contributed by atoms with Crippen LogP contribution in [-0.4, -0.2) is 0 Å². The van der Waals surface area contributed by atoms with Crippen molar-refractivity contribution in [1.82, 2.24) is 0 Å². The number of benzene rings is 2. The first kappa shape index (κ1) is 13.2. The van der Waals surface area contributed by atoms with Gasteiger partial charge in [0.15, 0.2) is 0 Å². The first-order valence-electron chi connectivity index (χ1n) is 5.77. The second-order valence-corrected chi connectivity index (χ2v) is 5.36. The molecule has 2 aromatic carbocycles. The van der Waals surface area contributed by atoms with Crippen LogP contribution in [0.25, 0.3) is 0 Å². The lowest BCUT2D eigenvalue weighted by Crippen LogP contribution is -2.16. The maximum atomic E-state index is 13.9. The highest BCUT2D eigenvalue weighted by molar-refractivity contribution is 9.10. The van der Waals surface area contributed by atoms with Crippen LogP contribution < -0.4 is 5.73 Å². The molecular weight excluding hydrogens is 293 g/mol. The Hall–Kier alpha value is -1.19. The van der Waals surface area contributed by atoms with E-state index in [0.717, 1.165) is 21.2 Å². The summed E-state index contributed by atoms with van der Waals surface area (Å²) in [5, 5.41) is 0. The molecule has 0 aliphatic carbocycles. The van der Waals surface area contributed by atoms with E-state index in [1.807, 2.05) is 32.0 Å². The number of halogens is 2. The monoisotopic (exact) mass is 307 g/mol. The average Bonchev–Trinajstić information content (AvgIpc) is 2.32. The summed E-state index contributed by atoms with van der Waals surface area (Å²) in [6, 6.07) is 10.4. The van der Waals surface area contributed by atoms with E-state index in [-0.39, 0.29) is 5.82 Å². The zero-order chi connectivity index (χ0) is 13.3. The zero-order valence-corrected chi connectivity index (χ0v) is 12.0. The van der Waals surface area contributed by atoms with Crippen molar-refractivity contribution in [1.29, 1.82) is 0 Å². The molecule has 0 saturated carbocycles. The molecule has 1 unspecified atom stereocenters. The summed E-state index contributed by atoms with van der Waals surface area (Å²) in [6.45, 7) is 4.00. The van der Waals surface area contributed by atoms with Crippen LogP contribution in [0.1, 0.15) is 28.3 Å². The van der Waals surface area contributed by atoms with Gasteiger partial charge in [-0.05, 0) is 48.7 Å². The molecule has 0 bridgehead atoms. The lowest BCUT2D eigenvalue weighted by Gasteiger charge is -2.18. The number of aryl methyl sites for hydroxylation is 2. The number of hydrogen-bond donors (Lipinski definition) is 1. The van der Waals surface area contributed by atoms with Gasteiger partial charge in [-0.15, -0.1) is 0 Å². The molecule has 0 aromatic heterocycles. The molecule has 18 heavy (non-hydrogen) atoms. The van der Waals surface area contributed by atoms with Gasteiger partial charge in [0.25, 0.3) is 0 Å². The van der Waals surface area contributed by atoms with Crippen LogP contribution in [0.3, 0.4) is 0 Å². The predicted molar refractivity (Wildman–Crippen MR) is 76.0 cm³/mol. The van der Waals surface area contributed by atoms with Crippen molar-refractivity contribution < 1.29 is 4.39 Å². The van der Waals surface area contributed by atoms with Gasteiger partial charge in [-0.2, -0.15) is 0 Å². The standard InChI is InChI=1S/C15H15BrFN/c1-9-4-3-5-10(2)14(9)15(18)12-8-11(16)6-7-13(12)17/h3-8,15H,18H2,1-2H3. The van der Waals surface area contributed by atoms with Gasteiger partial charge in [0.05, 0.1) is 6.04 Å².